The van der Waals surface area contributed by atoms with Crippen LogP contribution in [-0.4, -0.2) is 39.9 Å². The van der Waals surface area contributed by atoms with E-state index in [1.807, 2.05) is 144 Å². The Labute approximate surface area is 835 Å². The van der Waals surface area contributed by atoms with Crippen LogP contribution in [0.5, 0.6) is 0 Å². The predicted molar refractivity (Wildman–Crippen MR) is 596 cm³/mol. The lowest BCUT2D eigenvalue weighted by molar-refractivity contribution is 0.660. The largest absolute Gasteiger partial charge is 0.455 e. The molecule has 0 aliphatic heterocycles. The van der Waals surface area contributed by atoms with E-state index in [-0.39, 0.29) is 10.8 Å². The fraction of sp³-hybridized carbons (Fsp3) is 0.0455. The highest BCUT2D eigenvalue weighted by Gasteiger charge is 2.38. The Morgan fingerprint density at radius 1 is 0.189 bits per heavy atom. The van der Waals surface area contributed by atoms with Gasteiger partial charge in [0.25, 0.3) is 0 Å². The van der Waals surface area contributed by atoms with E-state index in [1.54, 1.807) is 0 Å². The van der Waals surface area contributed by atoms with Crippen LogP contribution < -0.4 is 0 Å². The summed E-state index contributed by atoms with van der Waals surface area (Å²) >= 11 is 3.63. The van der Waals surface area contributed by atoms with Crippen molar-refractivity contribution in [1.82, 2.24) is 39.9 Å². The first kappa shape index (κ1) is 85.7. The van der Waals surface area contributed by atoms with Gasteiger partial charge in [-0.1, -0.05) is 428 Å². The van der Waals surface area contributed by atoms with Gasteiger partial charge in [0.1, 0.15) is 11.2 Å². The van der Waals surface area contributed by atoms with Gasteiger partial charge in [0, 0.05) is 106 Å². The summed E-state index contributed by atoms with van der Waals surface area (Å²) in [5.41, 5.74) is 32.5. The van der Waals surface area contributed by atoms with Crippen molar-refractivity contribution in [2.24, 2.45) is 0 Å². The van der Waals surface area contributed by atoms with Crippen LogP contribution in [0.1, 0.15) is 49.9 Å². The molecule has 2 aliphatic rings. The molecule has 143 heavy (non-hydrogen) atoms. The average molecular weight is 1870 g/mol. The van der Waals surface area contributed by atoms with Gasteiger partial charge in [-0.05, 0) is 171 Å². The Bertz CT molecular complexity index is 8990. The molecule has 0 bridgehead atoms. The van der Waals surface area contributed by atoms with Crippen LogP contribution in [0.2, 0.25) is 0 Å². The molecule has 2 aliphatic carbocycles. The van der Waals surface area contributed by atoms with E-state index in [1.165, 1.54) is 140 Å². The van der Waals surface area contributed by atoms with Crippen LogP contribution in [0.25, 0.3) is 253 Å². The number of thiophene rings is 2. The smallest absolute Gasteiger partial charge is 0.167 e. The molecule has 674 valence electrons. The van der Waals surface area contributed by atoms with Crippen LogP contribution in [-0.2, 0) is 10.8 Å². The number of fused-ring (bicyclic) bond motifs is 18. The third-order valence-electron chi connectivity index (χ3n) is 28.6. The minimum Gasteiger partial charge on any atom is -0.455 e. The van der Waals surface area contributed by atoms with E-state index in [9.17, 15) is 0 Å². The topological polar surface area (TPSA) is 116 Å². The fourth-order valence-corrected chi connectivity index (χ4v) is 24.0. The fourth-order valence-electron chi connectivity index (χ4n) is 21.5. The van der Waals surface area contributed by atoms with Gasteiger partial charge >= 0.3 is 0 Å². The highest BCUT2D eigenvalue weighted by atomic mass is 32.1. The quantitative estimate of drug-likeness (QED) is 0.104. The Hall–Kier alpha value is -17.7. The summed E-state index contributed by atoms with van der Waals surface area (Å²) in [6, 6.07) is 163. The first-order valence-electron chi connectivity index (χ1n) is 48.5. The van der Waals surface area contributed by atoms with Crippen LogP contribution in [0.4, 0.5) is 0 Å². The third kappa shape index (κ3) is 15.1. The molecule has 6 aromatic heterocycles. The number of para-hydroxylation sites is 1. The van der Waals surface area contributed by atoms with E-state index >= 15 is 0 Å². The number of rotatable bonds is 13. The maximum atomic E-state index is 6.68. The molecule has 26 aromatic rings. The lowest BCUT2D eigenvalue weighted by atomic mass is 9.81. The molecule has 0 N–H and O–H groups in total. The lowest BCUT2D eigenvalue weighted by Crippen LogP contribution is -2.14. The monoisotopic (exact) mass is 1860 g/mol. The summed E-state index contributed by atoms with van der Waals surface area (Å²) < 4.78 is 11.6. The standard InChI is InChI=1S/C48H30N2S.C42H29N3O.C42H29N3S/c1-3-13-33(14-4-1)43-30-44(34-15-5-2-6-16-34)50-48(49-43)41-28-27-37(46-40-21-11-12-22-45(40)51-47(41)46)31-23-25-32(26-24-31)42-29-35-17-7-8-18-36(35)38-19-9-10-20-39(38)42;2*1-42(2)34-19-11-9-17-30(34)31-22-21-28(25-35(31)42)29-23-24-33(38-37(29)32-18-10-12-20-36(32)46-38)41-44-39(26-13-5-3-6-14-26)43-40(45-41)27-15-7-4-8-16-27/h1-30H;2*3-25H,1-2H3. The average Bonchev–Trinajstić information content (AvgIpc) is 1.57. The second-order valence-electron chi connectivity index (χ2n) is 37.8. The Morgan fingerprint density at radius 3 is 0.972 bits per heavy atom. The first-order chi connectivity index (χ1) is 70.4. The van der Waals surface area contributed by atoms with Gasteiger partial charge in [0.05, 0.1) is 17.0 Å². The molecule has 0 amide bonds. The number of benzene rings is 20. The van der Waals surface area contributed by atoms with Gasteiger partial charge in [-0.25, -0.2) is 39.9 Å². The van der Waals surface area contributed by atoms with Crippen molar-refractivity contribution in [2.45, 2.75) is 38.5 Å². The van der Waals surface area contributed by atoms with Gasteiger partial charge in [-0.3, -0.25) is 0 Å². The molecule has 0 fully saturated rings. The Morgan fingerprint density at radius 2 is 0.503 bits per heavy atom. The van der Waals surface area contributed by atoms with Crippen LogP contribution in [0, 0.1) is 0 Å². The number of furan rings is 1. The summed E-state index contributed by atoms with van der Waals surface area (Å²) in [5.74, 6) is 4.58. The van der Waals surface area contributed by atoms with E-state index in [2.05, 4.69) is 367 Å². The van der Waals surface area contributed by atoms with Gasteiger partial charge < -0.3 is 4.42 Å². The molecule has 9 nitrogen and oxygen atoms in total. The lowest BCUT2D eigenvalue weighted by Gasteiger charge is -2.22. The van der Waals surface area contributed by atoms with E-state index < -0.39 is 0 Å². The summed E-state index contributed by atoms with van der Waals surface area (Å²) in [7, 11) is 0. The summed E-state index contributed by atoms with van der Waals surface area (Å²) in [6.07, 6.45) is 0. The zero-order valence-corrected chi connectivity index (χ0v) is 80.3. The molecule has 0 saturated carbocycles. The summed E-state index contributed by atoms with van der Waals surface area (Å²) in [4.78, 5) is 40.5. The maximum Gasteiger partial charge on any atom is 0.167 e. The molecular formula is C132H88N8OS2. The van der Waals surface area contributed by atoms with E-state index in [0.29, 0.717) is 34.9 Å². The molecule has 0 radical (unpaired) electrons. The second-order valence-corrected chi connectivity index (χ2v) is 39.9. The molecule has 6 heterocycles. The highest BCUT2D eigenvalue weighted by Crippen LogP contribution is 2.55. The number of hydrogen-bond donors (Lipinski definition) is 0. The third-order valence-corrected chi connectivity index (χ3v) is 31.0. The SMILES string of the molecule is CC1(C)c2ccccc2-c2ccc(-c3ccc(-c4nc(-c5ccccc5)nc(-c5ccccc5)n4)c4oc5ccccc5c34)cc21.CC1(C)c2ccccc2-c2ccc(-c3ccc(-c4nc(-c5ccccc5)nc(-c5ccccc5)n4)c4sc5ccccc5c34)cc21.c1ccc(-c2cc(-c3ccccc3)nc(-c3ccc(-c4ccc(-c5cc6ccccc6c6ccccc56)cc4)c4c3sc3ccccc34)n2)cc1. The van der Waals surface area contributed by atoms with Crippen molar-refractivity contribution >= 4 is 107 Å². The molecule has 28 rings (SSSR count). The van der Waals surface area contributed by atoms with Gasteiger partial charge in [-0.2, -0.15) is 0 Å². The van der Waals surface area contributed by atoms with Crippen molar-refractivity contribution in [2.75, 3.05) is 0 Å². The second kappa shape index (κ2) is 35.3. The minimum absolute atomic E-state index is 0.0652. The Balaban J connectivity index is 0.000000110. The van der Waals surface area contributed by atoms with Crippen molar-refractivity contribution < 1.29 is 4.42 Å². The van der Waals surface area contributed by atoms with E-state index in [4.69, 9.17) is 44.3 Å². The van der Waals surface area contributed by atoms with Crippen molar-refractivity contribution in [3.8, 4) is 169 Å². The predicted octanol–water partition coefficient (Wildman–Crippen LogP) is 35.4. The Kier molecular flexibility index (Phi) is 21.1. The number of nitrogens with zero attached hydrogens (tertiary/aromatic N) is 8. The normalized spacial score (nSPS) is 12.6. The highest BCUT2D eigenvalue weighted by molar-refractivity contribution is 7.27. The van der Waals surface area contributed by atoms with Crippen molar-refractivity contribution in [3.63, 3.8) is 0 Å². The van der Waals surface area contributed by atoms with Gasteiger partial charge in [0.15, 0.2) is 40.8 Å². The molecule has 0 saturated heterocycles. The maximum absolute atomic E-state index is 6.68. The zero-order chi connectivity index (χ0) is 95.4. The molecule has 0 atom stereocenters. The van der Waals surface area contributed by atoms with Crippen molar-refractivity contribution in [1.29, 1.82) is 0 Å². The number of hydrogen-bond acceptors (Lipinski definition) is 11. The molecule has 20 aromatic carbocycles. The minimum atomic E-state index is -0.0913. The van der Waals surface area contributed by atoms with Crippen LogP contribution in [0.15, 0.2) is 465 Å². The summed E-state index contributed by atoms with van der Waals surface area (Å²) in [5, 5.41) is 12.2. The molecule has 11 heteroatoms. The van der Waals surface area contributed by atoms with Crippen molar-refractivity contribution in [3.05, 3.63) is 483 Å². The summed E-state index contributed by atoms with van der Waals surface area (Å²) in [6.45, 7) is 9.33. The zero-order valence-electron chi connectivity index (χ0n) is 78.7. The van der Waals surface area contributed by atoms with Gasteiger partial charge in [0.2, 0.25) is 0 Å². The molecule has 0 unspecified atom stereocenters. The van der Waals surface area contributed by atoms with Crippen LogP contribution >= 0.6 is 22.7 Å². The first-order valence-corrected chi connectivity index (χ1v) is 50.1. The van der Waals surface area contributed by atoms with Crippen LogP contribution in [0.3, 0.4) is 0 Å². The van der Waals surface area contributed by atoms with Gasteiger partial charge in [-0.15, -0.1) is 22.7 Å². The van der Waals surface area contributed by atoms with E-state index in [0.717, 1.165) is 100 Å². The number of aromatic nitrogens is 8. The molecular weight excluding hydrogens is 1780 g/mol. The molecule has 0 spiro atoms.